The quantitative estimate of drug-likeness (QED) is 0.708. The van der Waals surface area contributed by atoms with E-state index < -0.39 is 0 Å². The molecule has 2 heterocycles. The van der Waals surface area contributed by atoms with Crippen molar-refractivity contribution in [2.75, 3.05) is 31.5 Å². The van der Waals surface area contributed by atoms with Crippen molar-refractivity contribution in [3.05, 3.63) is 54.2 Å². The van der Waals surface area contributed by atoms with Crippen LogP contribution in [0.2, 0.25) is 0 Å². The largest absolute Gasteiger partial charge is 0.367 e. The lowest BCUT2D eigenvalue weighted by atomic mass is 9.96. The third-order valence-corrected chi connectivity index (χ3v) is 4.71. The van der Waals surface area contributed by atoms with E-state index in [1.165, 1.54) is 12.1 Å². The summed E-state index contributed by atoms with van der Waals surface area (Å²) in [5, 5.41) is 5.99. The van der Waals surface area contributed by atoms with Crippen LogP contribution in [0.1, 0.15) is 18.4 Å². The number of hydrogen-bond donors (Lipinski definition) is 2. The summed E-state index contributed by atoms with van der Waals surface area (Å²) in [7, 11) is 0. The average molecular weight is 385 g/mol. The summed E-state index contributed by atoms with van der Waals surface area (Å²) in [6.07, 6.45) is 6.60. The third-order valence-electron chi connectivity index (χ3n) is 4.71. The molecule has 8 heteroatoms. The van der Waals surface area contributed by atoms with Crippen LogP contribution in [-0.2, 0) is 16.0 Å². The van der Waals surface area contributed by atoms with Crippen molar-refractivity contribution < 1.29 is 14.0 Å². The molecule has 0 spiro atoms. The number of likely N-dealkylation sites (tertiary alicyclic amines) is 1. The van der Waals surface area contributed by atoms with Gasteiger partial charge < -0.3 is 15.5 Å². The van der Waals surface area contributed by atoms with E-state index in [0.717, 1.165) is 18.4 Å². The number of hydrogen-bond acceptors (Lipinski definition) is 5. The lowest BCUT2D eigenvalue weighted by Crippen LogP contribution is -2.46. The monoisotopic (exact) mass is 385 g/mol. The molecular formula is C20H24FN5O2. The maximum Gasteiger partial charge on any atom is 0.227 e. The molecular weight excluding hydrogens is 361 g/mol. The van der Waals surface area contributed by atoms with Gasteiger partial charge in [-0.15, -0.1) is 0 Å². The highest BCUT2D eigenvalue weighted by Crippen LogP contribution is 2.18. The Bertz CT molecular complexity index is 785. The van der Waals surface area contributed by atoms with E-state index in [2.05, 4.69) is 20.6 Å². The number of piperidine rings is 1. The van der Waals surface area contributed by atoms with Gasteiger partial charge in [0, 0.05) is 38.6 Å². The number of amides is 2. The van der Waals surface area contributed by atoms with Crippen molar-refractivity contribution in [1.29, 1.82) is 0 Å². The van der Waals surface area contributed by atoms with Gasteiger partial charge in [0.1, 0.15) is 11.6 Å². The van der Waals surface area contributed by atoms with Crippen molar-refractivity contribution in [3.8, 4) is 0 Å². The van der Waals surface area contributed by atoms with E-state index in [1.54, 1.807) is 35.6 Å². The number of benzene rings is 1. The number of halogens is 1. The minimum Gasteiger partial charge on any atom is -0.367 e. The van der Waals surface area contributed by atoms with Crippen LogP contribution in [0.15, 0.2) is 42.9 Å². The number of nitrogens with one attached hydrogen (secondary N) is 2. The number of aromatic nitrogens is 2. The lowest BCUT2D eigenvalue weighted by molar-refractivity contribution is -0.135. The first-order chi connectivity index (χ1) is 13.6. The molecule has 1 aliphatic rings. The van der Waals surface area contributed by atoms with E-state index in [1.807, 2.05) is 0 Å². The fourth-order valence-corrected chi connectivity index (χ4v) is 3.22. The zero-order chi connectivity index (χ0) is 19.8. The maximum absolute atomic E-state index is 13.0. The Morgan fingerprint density at radius 2 is 2.00 bits per heavy atom. The summed E-state index contributed by atoms with van der Waals surface area (Å²) < 4.78 is 13.0. The average Bonchev–Trinajstić information content (AvgIpc) is 2.73. The molecule has 1 aromatic carbocycles. The first kappa shape index (κ1) is 19.7. The Labute approximate surface area is 163 Å². The summed E-state index contributed by atoms with van der Waals surface area (Å²) in [4.78, 5) is 34.7. The highest BCUT2D eigenvalue weighted by atomic mass is 19.1. The topological polar surface area (TPSA) is 87.2 Å². The molecule has 3 rings (SSSR count). The van der Waals surface area contributed by atoms with E-state index >= 15 is 0 Å². The zero-order valence-corrected chi connectivity index (χ0v) is 15.6. The van der Waals surface area contributed by atoms with Crippen LogP contribution in [-0.4, -0.2) is 52.9 Å². The van der Waals surface area contributed by atoms with Gasteiger partial charge in [-0.05, 0) is 30.5 Å². The van der Waals surface area contributed by atoms with E-state index in [9.17, 15) is 14.0 Å². The van der Waals surface area contributed by atoms with Gasteiger partial charge in [-0.3, -0.25) is 14.6 Å². The Morgan fingerprint density at radius 1 is 1.18 bits per heavy atom. The second-order valence-electron chi connectivity index (χ2n) is 6.79. The Balaban J connectivity index is 1.42. The molecule has 0 radical (unpaired) electrons. The fraction of sp³-hybridized carbons (Fsp3) is 0.400. The van der Waals surface area contributed by atoms with Gasteiger partial charge in [-0.25, -0.2) is 9.37 Å². The van der Waals surface area contributed by atoms with Gasteiger partial charge in [-0.1, -0.05) is 12.1 Å². The van der Waals surface area contributed by atoms with Crippen molar-refractivity contribution in [3.63, 3.8) is 0 Å². The normalized spacial score (nSPS) is 16.5. The minimum absolute atomic E-state index is 0.0339. The van der Waals surface area contributed by atoms with Crippen LogP contribution in [0.3, 0.4) is 0 Å². The van der Waals surface area contributed by atoms with Crippen LogP contribution < -0.4 is 10.6 Å². The molecule has 1 atom stereocenters. The molecule has 148 valence electrons. The van der Waals surface area contributed by atoms with E-state index in [-0.39, 0.29) is 30.0 Å². The predicted octanol–water partition coefficient (Wildman–Crippen LogP) is 1.63. The van der Waals surface area contributed by atoms with Gasteiger partial charge in [0.05, 0.1) is 18.5 Å². The third kappa shape index (κ3) is 5.73. The molecule has 0 aliphatic carbocycles. The summed E-state index contributed by atoms with van der Waals surface area (Å²) in [5.41, 5.74) is 0.771. The molecule has 1 aliphatic heterocycles. The standard InChI is InChI=1S/C20H24FN5O2/c21-17-5-3-15(4-6-17)12-19(27)26-11-1-2-16(14-26)20(28)25-10-9-24-18-13-22-7-8-23-18/h3-8,13,16H,1-2,9-12,14H2,(H,23,24)(H,25,28)/t16-/m1/s1. The molecule has 1 aromatic heterocycles. The molecule has 28 heavy (non-hydrogen) atoms. The van der Waals surface area contributed by atoms with Crippen molar-refractivity contribution >= 4 is 17.6 Å². The van der Waals surface area contributed by atoms with Gasteiger partial charge in [0.25, 0.3) is 0 Å². The molecule has 7 nitrogen and oxygen atoms in total. The van der Waals surface area contributed by atoms with Crippen LogP contribution in [0, 0.1) is 11.7 Å². The van der Waals surface area contributed by atoms with Crippen LogP contribution in [0.5, 0.6) is 0 Å². The van der Waals surface area contributed by atoms with Gasteiger partial charge in [0.15, 0.2) is 0 Å². The maximum atomic E-state index is 13.0. The molecule has 1 saturated heterocycles. The summed E-state index contributed by atoms with van der Waals surface area (Å²) >= 11 is 0. The predicted molar refractivity (Wildman–Crippen MR) is 103 cm³/mol. The van der Waals surface area contributed by atoms with Crippen LogP contribution >= 0.6 is 0 Å². The molecule has 0 saturated carbocycles. The Kier molecular flexibility index (Phi) is 6.89. The molecule has 1 fully saturated rings. The highest BCUT2D eigenvalue weighted by Gasteiger charge is 2.28. The first-order valence-corrected chi connectivity index (χ1v) is 9.41. The van der Waals surface area contributed by atoms with Crippen molar-refractivity contribution in [2.24, 2.45) is 5.92 Å². The molecule has 0 bridgehead atoms. The summed E-state index contributed by atoms with van der Waals surface area (Å²) in [5.74, 6) is 0.0581. The zero-order valence-electron chi connectivity index (χ0n) is 15.6. The second kappa shape index (κ2) is 9.77. The smallest absolute Gasteiger partial charge is 0.227 e. The summed E-state index contributed by atoms with van der Waals surface area (Å²) in [6, 6.07) is 5.94. The molecule has 2 N–H and O–H groups in total. The van der Waals surface area contributed by atoms with Gasteiger partial charge in [-0.2, -0.15) is 0 Å². The van der Waals surface area contributed by atoms with Crippen LogP contribution in [0.25, 0.3) is 0 Å². The van der Waals surface area contributed by atoms with Crippen LogP contribution in [0.4, 0.5) is 10.2 Å². The molecule has 2 aromatic rings. The number of carbonyl (C=O) groups excluding carboxylic acids is 2. The number of anilines is 1. The highest BCUT2D eigenvalue weighted by molar-refractivity contribution is 5.82. The lowest BCUT2D eigenvalue weighted by Gasteiger charge is -2.32. The molecule has 2 amide bonds. The van der Waals surface area contributed by atoms with Gasteiger partial charge >= 0.3 is 0 Å². The Morgan fingerprint density at radius 3 is 2.75 bits per heavy atom. The van der Waals surface area contributed by atoms with E-state index in [0.29, 0.717) is 32.0 Å². The SMILES string of the molecule is O=C(NCCNc1cnccn1)[C@@H]1CCCN(C(=O)Cc2ccc(F)cc2)C1. The Hall–Kier alpha value is -3.03. The van der Waals surface area contributed by atoms with E-state index in [4.69, 9.17) is 0 Å². The van der Waals surface area contributed by atoms with Crippen molar-refractivity contribution in [1.82, 2.24) is 20.2 Å². The fourth-order valence-electron chi connectivity index (χ4n) is 3.22. The van der Waals surface area contributed by atoms with Crippen molar-refractivity contribution in [2.45, 2.75) is 19.3 Å². The number of nitrogens with zero attached hydrogens (tertiary/aromatic N) is 3. The number of carbonyl (C=O) groups is 2. The second-order valence-corrected chi connectivity index (χ2v) is 6.79. The van der Waals surface area contributed by atoms with Gasteiger partial charge in [0.2, 0.25) is 11.8 Å². The minimum atomic E-state index is -0.320. The molecule has 0 unspecified atom stereocenters. The summed E-state index contributed by atoms with van der Waals surface area (Å²) in [6.45, 7) is 2.08. The first-order valence-electron chi connectivity index (χ1n) is 9.41. The number of rotatable bonds is 7.